The summed E-state index contributed by atoms with van der Waals surface area (Å²) in [5.41, 5.74) is 8.00. The third kappa shape index (κ3) is 3.85. The van der Waals surface area contributed by atoms with Gasteiger partial charge < -0.3 is 10.5 Å². The van der Waals surface area contributed by atoms with Gasteiger partial charge >= 0.3 is 0 Å². The van der Waals surface area contributed by atoms with E-state index in [1.54, 1.807) is 30.4 Å². The van der Waals surface area contributed by atoms with Crippen LogP contribution in [-0.4, -0.2) is 22.8 Å². The smallest absolute Gasteiger partial charge is 0.260 e. The highest BCUT2D eigenvalue weighted by atomic mass is 19.1. The second-order valence-corrected chi connectivity index (χ2v) is 5.89. The van der Waals surface area contributed by atoms with Gasteiger partial charge in [0, 0.05) is 25.8 Å². The number of halogens is 1. The van der Waals surface area contributed by atoms with Crippen LogP contribution in [0.15, 0.2) is 64.7 Å². The summed E-state index contributed by atoms with van der Waals surface area (Å²) in [5, 5.41) is 0. The van der Waals surface area contributed by atoms with Crippen molar-refractivity contribution in [3.8, 4) is 0 Å². The van der Waals surface area contributed by atoms with Crippen LogP contribution in [-0.2, 0) is 17.7 Å². The van der Waals surface area contributed by atoms with E-state index in [1.165, 1.54) is 24.1 Å². The first-order valence-corrected chi connectivity index (χ1v) is 8.08. The lowest BCUT2D eigenvalue weighted by Gasteiger charge is -2.10. The van der Waals surface area contributed by atoms with E-state index in [4.69, 9.17) is 10.5 Å². The Morgan fingerprint density at radius 2 is 2.28 bits per heavy atom. The third-order valence-electron chi connectivity index (χ3n) is 4.24. The molecular weight excluding hydrogens is 321 g/mol. The van der Waals surface area contributed by atoms with Gasteiger partial charge in [0.25, 0.3) is 5.56 Å². The molecular formula is C19H20FN3O2. The first-order valence-electron chi connectivity index (χ1n) is 8.08. The Kier molecular flexibility index (Phi) is 5.09. The second kappa shape index (κ2) is 7.44. The summed E-state index contributed by atoms with van der Waals surface area (Å²) in [4.78, 5) is 17.0. The molecule has 0 aromatic carbocycles. The number of aromatic nitrogens is 2. The van der Waals surface area contributed by atoms with E-state index in [-0.39, 0.29) is 17.5 Å². The van der Waals surface area contributed by atoms with Gasteiger partial charge in [-0.2, -0.15) is 0 Å². The van der Waals surface area contributed by atoms with Crippen molar-refractivity contribution >= 4 is 6.08 Å². The fourth-order valence-corrected chi connectivity index (χ4v) is 2.75. The van der Waals surface area contributed by atoms with E-state index >= 15 is 0 Å². The van der Waals surface area contributed by atoms with Crippen LogP contribution < -0.4 is 11.3 Å². The average molecular weight is 341 g/mol. The molecule has 25 heavy (non-hydrogen) atoms. The first kappa shape index (κ1) is 17.1. The summed E-state index contributed by atoms with van der Waals surface area (Å²) in [7, 11) is 1.53. The minimum atomic E-state index is -0.381. The third-order valence-corrected chi connectivity index (χ3v) is 4.24. The Morgan fingerprint density at radius 1 is 1.44 bits per heavy atom. The quantitative estimate of drug-likeness (QED) is 0.913. The largest absolute Gasteiger partial charge is 0.399 e. The van der Waals surface area contributed by atoms with Gasteiger partial charge in [0.1, 0.15) is 5.83 Å². The van der Waals surface area contributed by atoms with Crippen molar-refractivity contribution in [2.45, 2.75) is 25.5 Å². The van der Waals surface area contributed by atoms with Crippen LogP contribution in [0.25, 0.3) is 6.08 Å². The number of ether oxygens (including phenoxy) is 1. The summed E-state index contributed by atoms with van der Waals surface area (Å²) in [6.45, 7) is 0.342. The minimum Gasteiger partial charge on any atom is -0.399 e. The number of fused-ring (bicyclic) bond motifs is 1. The zero-order chi connectivity index (χ0) is 17.8. The van der Waals surface area contributed by atoms with E-state index < -0.39 is 0 Å². The van der Waals surface area contributed by atoms with E-state index in [1.807, 2.05) is 6.08 Å². The predicted octanol–water partition coefficient (Wildman–Crippen LogP) is 2.41. The lowest BCUT2D eigenvalue weighted by Crippen LogP contribution is -2.24. The van der Waals surface area contributed by atoms with E-state index in [0.717, 1.165) is 0 Å². The molecule has 6 heteroatoms. The fraction of sp³-hybridized carbons (Fsp3) is 0.263. The second-order valence-electron chi connectivity index (χ2n) is 5.89. The summed E-state index contributed by atoms with van der Waals surface area (Å²) < 4.78 is 20.9. The molecule has 1 aromatic heterocycles. The van der Waals surface area contributed by atoms with Crippen LogP contribution in [0.1, 0.15) is 17.7 Å². The number of allylic oxidation sites excluding steroid dienone is 6. The van der Waals surface area contributed by atoms with Crippen LogP contribution in [0.4, 0.5) is 4.39 Å². The zero-order valence-corrected chi connectivity index (χ0v) is 14.0. The Labute approximate surface area is 145 Å². The Hall–Kier alpha value is -2.73. The van der Waals surface area contributed by atoms with Crippen LogP contribution in [0.2, 0.25) is 0 Å². The molecule has 130 valence electrons. The molecule has 1 aromatic rings. The molecule has 3 rings (SSSR count). The Balaban J connectivity index is 1.79. The highest BCUT2D eigenvalue weighted by Crippen LogP contribution is 2.21. The molecule has 0 saturated heterocycles. The first-order chi connectivity index (χ1) is 12.1. The molecule has 0 spiro atoms. The Bertz CT molecular complexity index is 875. The lowest BCUT2D eigenvalue weighted by molar-refractivity contribution is 0.176. The van der Waals surface area contributed by atoms with Gasteiger partial charge in [0.15, 0.2) is 0 Å². The number of nitrogens with two attached hydrogens (primary N) is 1. The SMILES string of the molecule is COC1C=CC=C(CCn2cnc3c(c2=O)C=CC(N)=CC3)C(F)=C1. The number of methoxy groups -OCH3 is 1. The highest BCUT2D eigenvalue weighted by Gasteiger charge is 2.13. The summed E-state index contributed by atoms with van der Waals surface area (Å²) in [5.74, 6) is -0.329. The van der Waals surface area contributed by atoms with Crippen molar-refractivity contribution in [2.24, 2.45) is 5.73 Å². The highest BCUT2D eigenvalue weighted by molar-refractivity contribution is 5.56. The van der Waals surface area contributed by atoms with Crippen molar-refractivity contribution in [1.29, 1.82) is 0 Å². The molecule has 2 N–H and O–H groups in total. The molecule has 1 atom stereocenters. The number of aryl methyl sites for hydroxylation is 1. The van der Waals surface area contributed by atoms with Gasteiger partial charge in [0.2, 0.25) is 0 Å². The van der Waals surface area contributed by atoms with Crippen LogP contribution in [0.5, 0.6) is 0 Å². The maximum Gasteiger partial charge on any atom is 0.260 e. The zero-order valence-electron chi connectivity index (χ0n) is 14.0. The molecule has 1 heterocycles. The average Bonchev–Trinajstić information content (AvgIpc) is 2.91. The monoisotopic (exact) mass is 341 g/mol. The molecule has 1 unspecified atom stereocenters. The number of hydrogen-bond donors (Lipinski definition) is 1. The molecule has 5 nitrogen and oxygen atoms in total. The molecule has 2 aliphatic rings. The molecule has 0 fully saturated rings. The van der Waals surface area contributed by atoms with Gasteiger partial charge in [0.05, 0.1) is 23.7 Å². The topological polar surface area (TPSA) is 70.1 Å². The number of hydrogen-bond acceptors (Lipinski definition) is 4. The van der Waals surface area contributed by atoms with E-state index in [0.29, 0.717) is 41.9 Å². The molecule has 0 aliphatic heterocycles. The summed E-state index contributed by atoms with van der Waals surface area (Å²) in [6, 6.07) is 0. The maximum atomic E-state index is 14.3. The Morgan fingerprint density at radius 3 is 3.08 bits per heavy atom. The summed E-state index contributed by atoms with van der Waals surface area (Å²) >= 11 is 0. The number of rotatable bonds is 4. The molecule has 0 bridgehead atoms. The van der Waals surface area contributed by atoms with Gasteiger partial charge in [-0.05, 0) is 30.2 Å². The van der Waals surface area contributed by atoms with Crippen LogP contribution in [0.3, 0.4) is 0 Å². The van der Waals surface area contributed by atoms with Crippen molar-refractivity contribution in [3.05, 3.63) is 81.5 Å². The fourth-order valence-electron chi connectivity index (χ4n) is 2.75. The van der Waals surface area contributed by atoms with Gasteiger partial charge in [-0.1, -0.05) is 24.3 Å². The van der Waals surface area contributed by atoms with E-state index in [2.05, 4.69) is 4.98 Å². The normalized spacial score (nSPS) is 19.4. The van der Waals surface area contributed by atoms with Gasteiger partial charge in [-0.3, -0.25) is 9.36 Å². The van der Waals surface area contributed by atoms with Crippen LogP contribution >= 0.6 is 0 Å². The van der Waals surface area contributed by atoms with Crippen molar-refractivity contribution in [1.82, 2.24) is 9.55 Å². The minimum absolute atomic E-state index is 0.145. The van der Waals surface area contributed by atoms with Crippen molar-refractivity contribution in [3.63, 3.8) is 0 Å². The number of nitrogens with zero attached hydrogens (tertiary/aromatic N) is 2. The van der Waals surface area contributed by atoms with Gasteiger partial charge in [-0.15, -0.1) is 0 Å². The summed E-state index contributed by atoms with van der Waals surface area (Å²) in [6.07, 6.45) is 13.9. The van der Waals surface area contributed by atoms with Crippen molar-refractivity contribution in [2.75, 3.05) is 7.11 Å². The molecule has 0 amide bonds. The predicted molar refractivity (Wildman–Crippen MR) is 95.3 cm³/mol. The molecule has 0 radical (unpaired) electrons. The van der Waals surface area contributed by atoms with Crippen LogP contribution in [0, 0.1) is 0 Å². The van der Waals surface area contributed by atoms with E-state index in [9.17, 15) is 9.18 Å². The molecule has 0 saturated carbocycles. The standard InChI is InChI=1S/C19H20FN3O2/c1-25-15-4-2-3-13(17(20)11-15)9-10-23-12-22-18-8-6-14(21)5-7-16(18)19(23)24/h2-7,11-12,15H,8-10,21H2,1H3. The maximum absolute atomic E-state index is 14.3. The lowest BCUT2D eigenvalue weighted by atomic mass is 10.1. The van der Waals surface area contributed by atoms with Gasteiger partial charge in [-0.25, -0.2) is 9.37 Å². The van der Waals surface area contributed by atoms with Crippen molar-refractivity contribution < 1.29 is 9.13 Å². The molecule has 2 aliphatic carbocycles.